The largest absolute Gasteiger partial charge is 0.456 e. The van der Waals surface area contributed by atoms with Gasteiger partial charge in [-0.2, -0.15) is 0 Å². The minimum atomic E-state index is 0.835. The number of aromatic nitrogens is 2. The van der Waals surface area contributed by atoms with Gasteiger partial charge in [0.2, 0.25) is 0 Å². The molecule has 0 saturated heterocycles. The number of hydrogen-bond donors (Lipinski definition) is 0. The summed E-state index contributed by atoms with van der Waals surface area (Å²) in [5.74, 6) is 0. The number of fused-ring (bicyclic) bond motifs is 7. The molecular formula is C44H26N2O2. The molecule has 0 N–H and O–H groups in total. The fourth-order valence-electron chi connectivity index (χ4n) is 6.96. The van der Waals surface area contributed by atoms with Crippen LogP contribution in [0.3, 0.4) is 0 Å². The van der Waals surface area contributed by atoms with Crippen molar-refractivity contribution in [1.82, 2.24) is 9.97 Å². The zero-order chi connectivity index (χ0) is 31.6. The number of hydrogen-bond acceptors (Lipinski definition) is 4. The number of furan rings is 2. The van der Waals surface area contributed by atoms with Gasteiger partial charge in [-0.25, -0.2) is 9.97 Å². The SMILES string of the molecule is c1ccc(-c2ccccc2-c2nc3ccccc3nc2-c2ccc3oc4ccc(-c5ccc6oc7ccccc7c6c5)cc4c3c2)cc1. The van der Waals surface area contributed by atoms with Gasteiger partial charge in [0.1, 0.15) is 22.3 Å². The molecule has 0 aliphatic heterocycles. The molecule has 10 aromatic rings. The molecule has 0 spiro atoms. The molecular weight excluding hydrogens is 588 g/mol. The van der Waals surface area contributed by atoms with Gasteiger partial charge in [0, 0.05) is 32.7 Å². The summed E-state index contributed by atoms with van der Waals surface area (Å²) in [6.45, 7) is 0. The highest BCUT2D eigenvalue weighted by atomic mass is 16.3. The zero-order valence-electron chi connectivity index (χ0n) is 25.7. The Morgan fingerprint density at radius 2 is 0.792 bits per heavy atom. The van der Waals surface area contributed by atoms with Gasteiger partial charge >= 0.3 is 0 Å². The third-order valence-corrected chi connectivity index (χ3v) is 9.29. The van der Waals surface area contributed by atoms with E-state index in [1.807, 2.05) is 42.5 Å². The van der Waals surface area contributed by atoms with E-state index >= 15 is 0 Å². The maximum Gasteiger partial charge on any atom is 0.135 e. The first kappa shape index (κ1) is 26.7. The van der Waals surface area contributed by atoms with Crippen molar-refractivity contribution in [3.63, 3.8) is 0 Å². The van der Waals surface area contributed by atoms with Crippen molar-refractivity contribution in [2.45, 2.75) is 0 Å². The molecule has 10 rings (SSSR count). The predicted octanol–water partition coefficient (Wildman–Crippen LogP) is 12.1. The molecule has 0 saturated carbocycles. The molecule has 0 atom stereocenters. The third kappa shape index (κ3) is 4.24. The lowest BCUT2D eigenvalue weighted by atomic mass is 9.94. The number of nitrogens with zero attached hydrogens (tertiary/aromatic N) is 2. The molecule has 0 amide bonds. The van der Waals surface area contributed by atoms with Crippen molar-refractivity contribution < 1.29 is 8.83 Å². The summed E-state index contributed by atoms with van der Waals surface area (Å²) in [6, 6.07) is 54.3. The molecule has 3 heterocycles. The Morgan fingerprint density at radius 1 is 0.312 bits per heavy atom. The standard InChI is InChI=1S/C44H26N2O2/c1-2-10-27(11-3-1)31-12-4-5-14-33(31)44-43(45-37-15-7-8-16-38(37)46-44)30-20-23-42-36(26-30)35-25-29(19-22-41(35)48-42)28-18-21-40-34(24-28)32-13-6-9-17-39(32)47-40/h1-26H. The Bertz CT molecular complexity index is 2850. The van der Waals surface area contributed by atoms with E-state index in [4.69, 9.17) is 18.8 Å². The Balaban J connectivity index is 1.16. The minimum Gasteiger partial charge on any atom is -0.456 e. The summed E-state index contributed by atoms with van der Waals surface area (Å²) in [5, 5.41) is 4.33. The molecule has 4 heteroatoms. The lowest BCUT2D eigenvalue weighted by molar-refractivity contribution is 0.668. The molecule has 7 aromatic carbocycles. The van der Waals surface area contributed by atoms with Crippen LogP contribution in [0.5, 0.6) is 0 Å². The molecule has 0 aliphatic rings. The third-order valence-electron chi connectivity index (χ3n) is 9.29. The van der Waals surface area contributed by atoms with Crippen LogP contribution in [-0.2, 0) is 0 Å². The molecule has 48 heavy (non-hydrogen) atoms. The van der Waals surface area contributed by atoms with Crippen LogP contribution >= 0.6 is 0 Å². The van der Waals surface area contributed by atoms with E-state index in [-0.39, 0.29) is 0 Å². The van der Waals surface area contributed by atoms with Gasteiger partial charge in [0.25, 0.3) is 0 Å². The smallest absolute Gasteiger partial charge is 0.135 e. The topological polar surface area (TPSA) is 52.1 Å². The van der Waals surface area contributed by atoms with Crippen LogP contribution in [0.1, 0.15) is 0 Å². The van der Waals surface area contributed by atoms with Crippen LogP contribution in [0.15, 0.2) is 167 Å². The lowest BCUT2D eigenvalue weighted by Gasteiger charge is -2.14. The van der Waals surface area contributed by atoms with Crippen molar-refractivity contribution in [3.8, 4) is 44.8 Å². The fraction of sp³-hybridized carbons (Fsp3) is 0. The molecule has 3 aromatic heterocycles. The average molecular weight is 615 g/mol. The second kappa shape index (κ2) is 10.5. The van der Waals surface area contributed by atoms with Gasteiger partial charge in [-0.3, -0.25) is 0 Å². The Labute approximate surface area is 275 Å². The first-order valence-corrected chi connectivity index (χ1v) is 16.1. The molecule has 0 unspecified atom stereocenters. The van der Waals surface area contributed by atoms with Crippen molar-refractivity contribution in [3.05, 3.63) is 158 Å². The summed E-state index contributed by atoms with van der Waals surface area (Å²) < 4.78 is 12.4. The first-order valence-electron chi connectivity index (χ1n) is 16.1. The highest BCUT2D eigenvalue weighted by molar-refractivity contribution is 6.09. The summed E-state index contributed by atoms with van der Waals surface area (Å²) in [7, 11) is 0. The van der Waals surface area contributed by atoms with E-state index in [9.17, 15) is 0 Å². The van der Waals surface area contributed by atoms with Crippen LogP contribution in [0, 0.1) is 0 Å². The van der Waals surface area contributed by atoms with Crippen LogP contribution in [-0.4, -0.2) is 9.97 Å². The van der Waals surface area contributed by atoms with Crippen LogP contribution in [0.2, 0.25) is 0 Å². The van der Waals surface area contributed by atoms with E-state index in [0.717, 1.165) is 99.7 Å². The Morgan fingerprint density at radius 3 is 1.48 bits per heavy atom. The van der Waals surface area contributed by atoms with Gasteiger partial charge in [0.05, 0.1) is 22.4 Å². The summed E-state index contributed by atoms with van der Waals surface area (Å²) >= 11 is 0. The Hall–Kier alpha value is -6.52. The van der Waals surface area contributed by atoms with Crippen LogP contribution in [0.25, 0.3) is 99.7 Å². The maximum absolute atomic E-state index is 6.36. The summed E-state index contributed by atoms with van der Waals surface area (Å²) in [4.78, 5) is 10.5. The first-order chi connectivity index (χ1) is 23.8. The van der Waals surface area contributed by atoms with Crippen molar-refractivity contribution in [1.29, 1.82) is 0 Å². The van der Waals surface area contributed by atoms with Crippen molar-refractivity contribution >= 4 is 54.9 Å². The summed E-state index contributed by atoms with van der Waals surface area (Å²) in [5.41, 5.74) is 13.4. The van der Waals surface area contributed by atoms with E-state index in [2.05, 4.69) is 115 Å². The molecule has 0 bridgehead atoms. The number of rotatable bonds is 4. The van der Waals surface area contributed by atoms with Crippen molar-refractivity contribution in [2.24, 2.45) is 0 Å². The van der Waals surface area contributed by atoms with Gasteiger partial charge in [-0.1, -0.05) is 97.1 Å². The van der Waals surface area contributed by atoms with Gasteiger partial charge in [-0.15, -0.1) is 0 Å². The van der Waals surface area contributed by atoms with E-state index in [1.54, 1.807) is 0 Å². The van der Waals surface area contributed by atoms with E-state index < -0.39 is 0 Å². The molecule has 0 fully saturated rings. The average Bonchev–Trinajstić information content (AvgIpc) is 3.72. The highest BCUT2D eigenvalue weighted by Gasteiger charge is 2.19. The Kier molecular flexibility index (Phi) is 5.84. The van der Waals surface area contributed by atoms with Gasteiger partial charge in [0.15, 0.2) is 0 Å². The minimum absolute atomic E-state index is 0.835. The highest BCUT2D eigenvalue weighted by Crippen LogP contribution is 2.40. The van der Waals surface area contributed by atoms with Crippen molar-refractivity contribution in [2.75, 3.05) is 0 Å². The quantitative estimate of drug-likeness (QED) is 0.198. The van der Waals surface area contributed by atoms with Gasteiger partial charge in [-0.05, 0) is 82.9 Å². The maximum atomic E-state index is 6.36. The molecule has 224 valence electrons. The zero-order valence-corrected chi connectivity index (χ0v) is 25.7. The fourth-order valence-corrected chi connectivity index (χ4v) is 6.96. The van der Waals surface area contributed by atoms with Gasteiger partial charge < -0.3 is 8.83 Å². The number of para-hydroxylation sites is 3. The van der Waals surface area contributed by atoms with E-state index in [1.165, 1.54) is 0 Å². The second-order valence-electron chi connectivity index (χ2n) is 12.2. The summed E-state index contributed by atoms with van der Waals surface area (Å²) in [6.07, 6.45) is 0. The monoisotopic (exact) mass is 614 g/mol. The molecule has 0 radical (unpaired) electrons. The van der Waals surface area contributed by atoms with Crippen LogP contribution < -0.4 is 0 Å². The predicted molar refractivity (Wildman–Crippen MR) is 196 cm³/mol. The normalized spacial score (nSPS) is 11.8. The second-order valence-corrected chi connectivity index (χ2v) is 12.2. The van der Waals surface area contributed by atoms with E-state index in [0.29, 0.717) is 0 Å². The number of benzene rings is 7. The molecule has 0 aliphatic carbocycles. The lowest BCUT2D eigenvalue weighted by Crippen LogP contribution is -1.97. The molecule has 4 nitrogen and oxygen atoms in total. The van der Waals surface area contributed by atoms with Crippen LogP contribution in [0.4, 0.5) is 0 Å².